The summed E-state index contributed by atoms with van der Waals surface area (Å²) in [5.74, 6) is 0.910. The predicted molar refractivity (Wildman–Crippen MR) is 93.6 cm³/mol. The van der Waals surface area contributed by atoms with Gasteiger partial charge < -0.3 is 15.5 Å². The molecule has 1 aromatic rings. The van der Waals surface area contributed by atoms with Crippen LogP contribution in [0, 0.1) is 0 Å². The summed E-state index contributed by atoms with van der Waals surface area (Å²) in [5, 5.41) is 6.96. The van der Waals surface area contributed by atoms with E-state index in [2.05, 4.69) is 63.9 Å². The van der Waals surface area contributed by atoms with Crippen LogP contribution in [0.25, 0.3) is 0 Å². The fraction of sp³-hybridized carbons (Fsp3) is 0.500. The van der Waals surface area contributed by atoms with Gasteiger partial charge in [0.25, 0.3) is 0 Å². The smallest absolute Gasteiger partial charge is 0.191 e. The van der Waals surface area contributed by atoms with Gasteiger partial charge >= 0.3 is 0 Å². The zero-order valence-corrected chi connectivity index (χ0v) is 13.5. The minimum Gasteiger partial charge on any atom is -0.366 e. The summed E-state index contributed by atoms with van der Waals surface area (Å²) in [6.45, 7) is 4.29. The van der Waals surface area contributed by atoms with Gasteiger partial charge in [-0.05, 0) is 37.8 Å². The number of nitrogens with zero attached hydrogens (tertiary/aromatic N) is 2. The predicted octanol–water partition coefficient (Wildman–Crippen LogP) is 2.32. The first-order valence-corrected chi connectivity index (χ1v) is 8.24. The third kappa shape index (κ3) is 3.26. The Kier molecular flexibility index (Phi) is 4.66. The van der Waals surface area contributed by atoms with Crippen LogP contribution in [-0.4, -0.2) is 38.2 Å². The summed E-state index contributed by atoms with van der Waals surface area (Å²) in [6.07, 6.45) is 7.80. The Morgan fingerprint density at radius 3 is 2.86 bits per heavy atom. The molecule has 4 nitrogen and oxygen atoms in total. The van der Waals surface area contributed by atoms with Crippen LogP contribution in [0.4, 0.5) is 5.69 Å². The number of rotatable bonds is 4. The number of para-hydroxylation sites is 1. The van der Waals surface area contributed by atoms with Gasteiger partial charge in [0.05, 0.1) is 0 Å². The average Bonchev–Trinajstić information content (AvgIpc) is 3.20. The lowest BCUT2D eigenvalue weighted by atomic mass is 10.2. The van der Waals surface area contributed by atoms with E-state index >= 15 is 0 Å². The van der Waals surface area contributed by atoms with E-state index in [4.69, 9.17) is 0 Å². The molecule has 0 spiro atoms. The zero-order valence-electron chi connectivity index (χ0n) is 13.5. The molecule has 0 bridgehead atoms. The lowest BCUT2D eigenvalue weighted by molar-refractivity contribution is 0.600. The highest BCUT2D eigenvalue weighted by Crippen LogP contribution is 2.28. The molecule has 0 saturated heterocycles. The van der Waals surface area contributed by atoms with Crippen LogP contribution >= 0.6 is 0 Å². The maximum absolute atomic E-state index is 4.34. The summed E-state index contributed by atoms with van der Waals surface area (Å²) in [5.41, 5.74) is 2.86. The summed E-state index contributed by atoms with van der Waals surface area (Å²) >= 11 is 0. The molecular weight excluding hydrogens is 272 g/mol. The molecule has 3 rings (SSSR count). The van der Waals surface area contributed by atoms with Gasteiger partial charge in [-0.25, -0.2) is 0 Å². The van der Waals surface area contributed by atoms with Crippen molar-refractivity contribution >= 4 is 11.6 Å². The molecule has 1 unspecified atom stereocenters. The molecule has 22 heavy (non-hydrogen) atoms. The van der Waals surface area contributed by atoms with Gasteiger partial charge in [0.15, 0.2) is 5.96 Å². The molecule has 0 radical (unpaired) electrons. The van der Waals surface area contributed by atoms with Crippen molar-refractivity contribution in [3.05, 3.63) is 42.0 Å². The quantitative estimate of drug-likeness (QED) is 0.509. The molecule has 1 aromatic carbocycles. The molecule has 0 aromatic heterocycles. The molecule has 1 heterocycles. The molecule has 1 aliphatic heterocycles. The van der Waals surface area contributed by atoms with E-state index in [0.717, 1.165) is 38.3 Å². The number of fused-ring (bicyclic) bond motifs is 1. The largest absolute Gasteiger partial charge is 0.366 e. The summed E-state index contributed by atoms with van der Waals surface area (Å²) in [4.78, 5) is 6.84. The number of nitrogens with one attached hydrogen (secondary N) is 2. The molecule has 0 fully saturated rings. The van der Waals surface area contributed by atoms with Crippen LogP contribution < -0.4 is 15.5 Å². The van der Waals surface area contributed by atoms with E-state index in [0.29, 0.717) is 12.1 Å². The molecule has 1 aliphatic carbocycles. The average molecular weight is 298 g/mol. The minimum atomic E-state index is 0.448. The van der Waals surface area contributed by atoms with Crippen LogP contribution in [0.15, 0.2) is 41.4 Å². The maximum atomic E-state index is 4.34. The van der Waals surface area contributed by atoms with Crippen molar-refractivity contribution in [1.82, 2.24) is 10.6 Å². The van der Waals surface area contributed by atoms with Crippen LogP contribution in [0.1, 0.15) is 25.3 Å². The van der Waals surface area contributed by atoms with Crippen molar-refractivity contribution < 1.29 is 0 Å². The molecule has 118 valence electrons. The van der Waals surface area contributed by atoms with Crippen molar-refractivity contribution in [3.8, 4) is 0 Å². The van der Waals surface area contributed by atoms with Crippen molar-refractivity contribution in [3.63, 3.8) is 0 Å². The molecule has 2 N–H and O–H groups in total. The second kappa shape index (κ2) is 6.86. The van der Waals surface area contributed by atoms with Gasteiger partial charge in [0, 0.05) is 37.9 Å². The number of aliphatic imine (C=N–C) groups is 1. The van der Waals surface area contributed by atoms with Crippen LogP contribution in [0.5, 0.6) is 0 Å². The molecule has 0 saturated carbocycles. The Balaban J connectivity index is 1.52. The maximum Gasteiger partial charge on any atom is 0.191 e. The first-order chi connectivity index (χ1) is 10.8. The van der Waals surface area contributed by atoms with E-state index in [1.165, 1.54) is 11.3 Å². The molecule has 4 heteroatoms. The third-order valence-corrected chi connectivity index (χ3v) is 4.59. The number of anilines is 1. The Bertz CT molecular complexity index is 556. The summed E-state index contributed by atoms with van der Waals surface area (Å²) in [7, 11) is 1.84. The number of hydrogen-bond acceptors (Lipinski definition) is 2. The second-order valence-corrected chi connectivity index (χ2v) is 6.16. The fourth-order valence-corrected chi connectivity index (χ4v) is 3.30. The first kappa shape index (κ1) is 14.9. The molecular formula is C18H26N4. The van der Waals surface area contributed by atoms with Crippen molar-refractivity contribution in [2.45, 2.75) is 38.3 Å². The lowest BCUT2D eigenvalue weighted by Crippen LogP contribution is -2.48. The van der Waals surface area contributed by atoms with Crippen molar-refractivity contribution in [2.24, 2.45) is 4.99 Å². The first-order valence-electron chi connectivity index (χ1n) is 8.24. The van der Waals surface area contributed by atoms with Crippen LogP contribution in [0.2, 0.25) is 0 Å². The third-order valence-electron chi connectivity index (χ3n) is 4.59. The van der Waals surface area contributed by atoms with Crippen molar-refractivity contribution in [1.29, 1.82) is 0 Å². The molecule has 1 atom stereocenters. The highest BCUT2D eigenvalue weighted by Gasteiger charge is 2.23. The Hall–Kier alpha value is -1.97. The topological polar surface area (TPSA) is 39.7 Å². The highest BCUT2D eigenvalue weighted by molar-refractivity contribution is 5.80. The normalized spacial score (nSPS) is 19.4. The summed E-state index contributed by atoms with van der Waals surface area (Å²) in [6, 6.07) is 9.68. The van der Waals surface area contributed by atoms with Crippen LogP contribution in [-0.2, 0) is 6.42 Å². The highest BCUT2D eigenvalue weighted by atomic mass is 15.2. The Labute approximate surface area is 133 Å². The fourth-order valence-electron chi connectivity index (χ4n) is 3.30. The number of guanidine groups is 1. The minimum absolute atomic E-state index is 0.448. The zero-order chi connectivity index (χ0) is 15.4. The molecule has 0 amide bonds. The van der Waals surface area contributed by atoms with E-state index in [1.807, 2.05) is 7.05 Å². The van der Waals surface area contributed by atoms with Crippen molar-refractivity contribution in [2.75, 3.05) is 25.0 Å². The van der Waals surface area contributed by atoms with E-state index < -0.39 is 0 Å². The molecule has 2 aliphatic rings. The van der Waals surface area contributed by atoms with E-state index in [9.17, 15) is 0 Å². The SMILES string of the molecule is CN=C(NCC(C)N1CCc2ccccc21)NC1CC=CC1. The number of hydrogen-bond donors (Lipinski definition) is 2. The van der Waals surface area contributed by atoms with Gasteiger partial charge in [-0.1, -0.05) is 30.4 Å². The van der Waals surface area contributed by atoms with E-state index in [1.54, 1.807) is 0 Å². The van der Waals surface area contributed by atoms with Gasteiger partial charge in [-0.2, -0.15) is 0 Å². The Morgan fingerprint density at radius 2 is 2.09 bits per heavy atom. The Morgan fingerprint density at radius 1 is 1.32 bits per heavy atom. The lowest BCUT2D eigenvalue weighted by Gasteiger charge is -2.28. The van der Waals surface area contributed by atoms with Gasteiger partial charge in [0.1, 0.15) is 0 Å². The van der Waals surface area contributed by atoms with Gasteiger partial charge in [-0.3, -0.25) is 4.99 Å². The van der Waals surface area contributed by atoms with E-state index in [-0.39, 0.29) is 0 Å². The standard InChI is InChI=1S/C18H26N4/c1-14(22-12-11-15-7-3-6-10-17(15)22)13-20-18(19-2)21-16-8-4-5-9-16/h3-7,10,14,16H,8-9,11-13H2,1-2H3,(H2,19,20,21). The van der Waals surface area contributed by atoms with Crippen LogP contribution in [0.3, 0.4) is 0 Å². The van der Waals surface area contributed by atoms with Gasteiger partial charge in [-0.15, -0.1) is 0 Å². The second-order valence-electron chi connectivity index (χ2n) is 6.16. The monoisotopic (exact) mass is 298 g/mol. The number of benzene rings is 1. The summed E-state index contributed by atoms with van der Waals surface area (Å²) < 4.78 is 0. The van der Waals surface area contributed by atoms with Gasteiger partial charge in [0.2, 0.25) is 0 Å².